The van der Waals surface area contributed by atoms with Gasteiger partial charge in [0.2, 0.25) is 5.82 Å². The molecular formula is C19H15ClN6O4. The van der Waals surface area contributed by atoms with E-state index in [0.29, 0.717) is 23.9 Å². The smallest absolute Gasteiger partial charge is 0.277 e. The first kappa shape index (κ1) is 18.7. The Kier molecular flexibility index (Phi) is 4.14. The lowest BCUT2D eigenvalue weighted by molar-refractivity contribution is 0.108. The average molecular weight is 427 g/mol. The second kappa shape index (κ2) is 6.63. The summed E-state index contributed by atoms with van der Waals surface area (Å²) in [5.74, 6) is 0.217. The number of imidazole rings is 1. The van der Waals surface area contributed by atoms with Crippen LogP contribution in [0.5, 0.6) is 0 Å². The van der Waals surface area contributed by atoms with E-state index in [1.807, 2.05) is 0 Å². The molecule has 0 aliphatic heterocycles. The molecule has 5 rings (SSSR count). The molecule has 0 unspecified atom stereocenters. The summed E-state index contributed by atoms with van der Waals surface area (Å²) in [6.07, 6.45) is 2.56. The maximum Gasteiger partial charge on any atom is 0.277 e. The van der Waals surface area contributed by atoms with E-state index in [4.69, 9.17) is 20.9 Å². The summed E-state index contributed by atoms with van der Waals surface area (Å²) in [5.41, 5.74) is 0.111. The Morgan fingerprint density at radius 3 is 2.90 bits per heavy atom. The quantitative estimate of drug-likeness (QED) is 0.511. The van der Waals surface area contributed by atoms with Crippen molar-refractivity contribution in [3.8, 4) is 17.6 Å². The molecule has 1 aliphatic rings. The van der Waals surface area contributed by atoms with Crippen LogP contribution in [0.2, 0.25) is 5.02 Å². The number of rotatable bonds is 5. The summed E-state index contributed by atoms with van der Waals surface area (Å²) in [7, 11) is 1.53. The number of methoxy groups -OCH3 is 1. The van der Waals surface area contributed by atoms with Crippen LogP contribution in [-0.2, 0) is 16.9 Å². The van der Waals surface area contributed by atoms with E-state index in [1.54, 1.807) is 16.5 Å². The molecule has 4 aromatic rings. The van der Waals surface area contributed by atoms with Gasteiger partial charge >= 0.3 is 0 Å². The second-order valence-electron chi connectivity index (χ2n) is 7.12. The number of halogens is 1. The highest BCUT2D eigenvalue weighted by atomic mass is 35.5. The monoisotopic (exact) mass is 426 g/mol. The minimum Gasteiger partial charge on any atom is -0.383 e. The van der Waals surface area contributed by atoms with E-state index < -0.39 is 11.2 Å². The number of aromatic nitrogens is 5. The van der Waals surface area contributed by atoms with Crippen LogP contribution in [0.4, 0.5) is 0 Å². The maximum atomic E-state index is 13.5. The van der Waals surface area contributed by atoms with Gasteiger partial charge in [-0.1, -0.05) is 16.8 Å². The zero-order valence-corrected chi connectivity index (χ0v) is 16.5. The summed E-state index contributed by atoms with van der Waals surface area (Å²) >= 11 is 6.22. The summed E-state index contributed by atoms with van der Waals surface area (Å²) in [4.78, 5) is 22.0. The number of ether oxygens (including phenoxy) is 1. The highest BCUT2D eigenvalue weighted by molar-refractivity contribution is 6.32. The lowest BCUT2D eigenvalue weighted by Crippen LogP contribution is -2.25. The van der Waals surface area contributed by atoms with Crippen LogP contribution in [-0.4, -0.2) is 42.9 Å². The number of benzene rings is 1. The fourth-order valence-electron chi connectivity index (χ4n) is 3.49. The lowest BCUT2D eigenvalue weighted by atomic mass is 10.1. The molecular weight excluding hydrogens is 412 g/mol. The summed E-state index contributed by atoms with van der Waals surface area (Å²) in [6, 6.07) is 5.39. The molecule has 152 valence electrons. The Balaban J connectivity index is 1.83. The third-order valence-corrected chi connectivity index (χ3v) is 5.56. The van der Waals surface area contributed by atoms with E-state index >= 15 is 0 Å². The van der Waals surface area contributed by atoms with Crippen molar-refractivity contribution < 1.29 is 14.4 Å². The van der Waals surface area contributed by atoms with Gasteiger partial charge in [0.15, 0.2) is 0 Å². The molecule has 0 radical (unpaired) electrons. The van der Waals surface area contributed by atoms with E-state index in [-0.39, 0.29) is 46.7 Å². The molecule has 11 heteroatoms. The lowest BCUT2D eigenvalue weighted by Gasteiger charge is -2.14. The summed E-state index contributed by atoms with van der Waals surface area (Å²) in [5, 5.41) is 24.0. The number of nitrogens with zero attached hydrogens (tertiary/aromatic N) is 6. The molecule has 3 heterocycles. The van der Waals surface area contributed by atoms with Crippen molar-refractivity contribution in [3.05, 3.63) is 45.3 Å². The van der Waals surface area contributed by atoms with Crippen molar-refractivity contribution >= 4 is 28.2 Å². The average Bonchev–Trinajstić information content (AvgIpc) is 3.15. The van der Waals surface area contributed by atoms with Crippen LogP contribution in [0.3, 0.4) is 0 Å². The summed E-state index contributed by atoms with van der Waals surface area (Å²) in [6.45, 7) is 0.463. The topological polar surface area (TPSA) is 131 Å². The highest BCUT2D eigenvalue weighted by Crippen LogP contribution is 2.44. The van der Waals surface area contributed by atoms with Crippen LogP contribution < -0.4 is 5.56 Å². The van der Waals surface area contributed by atoms with Gasteiger partial charge in [-0.05, 0) is 25.0 Å². The Morgan fingerprint density at radius 1 is 1.40 bits per heavy atom. The number of aliphatic hydroxyl groups is 1. The molecule has 1 fully saturated rings. The standard InChI is InChI=1S/C19H15ClN6O4/c1-29-7-6-25-14-10(8-21)11(20)2-3-12(14)26-9-22-13(15(26)17(25)27)16-23-18(30-24-16)19(28)4-5-19/h2-3,9,28H,4-7H2,1H3. The minimum absolute atomic E-state index is 0.108. The molecule has 0 saturated heterocycles. The first-order valence-electron chi connectivity index (χ1n) is 9.16. The third-order valence-electron chi connectivity index (χ3n) is 5.24. The van der Waals surface area contributed by atoms with Gasteiger partial charge in [-0.25, -0.2) is 4.98 Å². The van der Waals surface area contributed by atoms with Gasteiger partial charge in [0.25, 0.3) is 11.4 Å². The van der Waals surface area contributed by atoms with Crippen LogP contribution in [0, 0.1) is 11.3 Å². The van der Waals surface area contributed by atoms with E-state index in [2.05, 4.69) is 21.2 Å². The van der Waals surface area contributed by atoms with Crippen molar-refractivity contribution in [2.75, 3.05) is 13.7 Å². The molecule has 0 spiro atoms. The van der Waals surface area contributed by atoms with Crippen molar-refractivity contribution in [1.82, 2.24) is 24.1 Å². The molecule has 1 N–H and O–H groups in total. The van der Waals surface area contributed by atoms with Crippen LogP contribution in [0.1, 0.15) is 24.3 Å². The fraction of sp³-hybridized carbons (Fsp3) is 0.316. The van der Waals surface area contributed by atoms with E-state index in [9.17, 15) is 15.2 Å². The molecule has 0 atom stereocenters. The summed E-state index contributed by atoms with van der Waals surface area (Å²) < 4.78 is 13.4. The third kappa shape index (κ3) is 2.64. The van der Waals surface area contributed by atoms with Gasteiger partial charge in [0.05, 0.1) is 28.2 Å². The zero-order chi connectivity index (χ0) is 21.0. The van der Waals surface area contributed by atoms with Gasteiger partial charge in [0, 0.05) is 13.7 Å². The SMILES string of the molecule is COCCn1c(=O)c2c(-c3noc(C4(O)CC4)n3)ncn2c2ccc(Cl)c(C#N)c21. The molecule has 0 amide bonds. The van der Waals surface area contributed by atoms with Crippen molar-refractivity contribution in [1.29, 1.82) is 5.26 Å². The van der Waals surface area contributed by atoms with E-state index in [1.165, 1.54) is 18.0 Å². The predicted octanol–water partition coefficient (Wildman–Crippen LogP) is 1.85. The molecule has 1 aromatic carbocycles. The first-order chi connectivity index (χ1) is 14.5. The Labute approximate surface area is 173 Å². The van der Waals surface area contributed by atoms with Gasteiger partial charge in [0.1, 0.15) is 29.2 Å². The minimum atomic E-state index is -1.09. The number of hydrogen-bond acceptors (Lipinski definition) is 8. The first-order valence-corrected chi connectivity index (χ1v) is 9.54. The molecule has 1 aliphatic carbocycles. The van der Waals surface area contributed by atoms with Gasteiger partial charge in [-0.15, -0.1) is 0 Å². The van der Waals surface area contributed by atoms with Gasteiger partial charge < -0.3 is 18.9 Å². The molecule has 10 nitrogen and oxygen atoms in total. The zero-order valence-electron chi connectivity index (χ0n) is 15.8. The van der Waals surface area contributed by atoms with Crippen molar-refractivity contribution in [3.63, 3.8) is 0 Å². The molecule has 0 bridgehead atoms. The Morgan fingerprint density at radius 2 is 2.20 bits per heavy atom. The number of hydrogen-bond donors (Lipinski definition) is 1. The van der Waals surface area contributed by atoms with Crippen LogP contribution in [0.15, 0.2) is 27.8 Å². The predicted molar refractivity (Wildman–Crippen MR) is 105 cm³/mol. The highest BCUT2D eigenvalue weighted by Gasteiger charge is 2.48. The second-order valence-corrected chi connectivity index (χ2v) is 7.53. The largest absolute Gasteiger partial charge is 0.383 e. The van der Waals surface area contributed by atoms with Crippen LogP contribution >= 0.6 is 11.6 Å². The number of nitriles is 1. The number of fused-ring (bicyclic) bond motifs is 3. The Bertz CT molecular complexity index is 1410. The van der Waals surface area contributed by atoms with Gasteiger partial charge in [-0.3, -0.25) is 9.20 Å². The van der Waals surface area contributed by atoms with Crippen molar-refractivity contribution in [2.45, 2.75) is 25.0 Å². The van der Waals surface area contributed by atoms with E-state index in [0.717, 1.165) is 0 Å². The van der Waals surface area contributed by atoms with Crippen molar-refractivity contribution in [2.24, 2.45) is 0 Å². The van der Waals surface area contributed by atoms with Gasteiger partial charge in [-0.2, -0.15) is 10.2 Å². The Hall–Kier alpha value is -3.26. The fourth-order valence-corrected chi connectivity index (χ4v) is 3.69. The molecule has 1 saturated carbocycles. The van der Waals surface area contributed by atoms with Crippen LogP contribution in [0.25, 0.3) is 28.1 Å². The normalized spacial score (nSPS) is 15.0. The molecule has 30 heavy (non-hydrogen) atoms. The molecule has 3 aromatic heterocycles. The maximum absolute atomic E-state index is 13.5.